The molecule has 0 atom stereocenters. The lowest BCUT2D eigenvalue weighted by molar-refractivity contribution is 0.101. The number of rotatable bonds is 5. The molecule has 0 aliphatic heterocycles. The number of aliphatic hydroxyl groups is 1. The molecule has 0 saturated heterocycles. The number of ketones is 1. The molecule has 2 heterocycles. The molecule has 0 bridgehead atoms. The lowest BCUT2D eigenvalue weighted by Crippen LogP contribution is -2.29. The third-order valence-corrected chi connectivity index (χ3v) is 4.40. The number of aliphatic hydroxyl groups excluding tert-OH is 1. The first-order valence-corrected chi connectivity index (χ1v) is 8.82. The number of anilines is 2. The average Bonchev–Trinajstić information content (AvgIpc) is 2.56. The first-order valence-electron chi connectivity index (χ1n) is 8.82. The van der Waals surface area contributed by atoms with Gasteiger partial charge in [0.25, 0.3) is 0 Å². The van der Waals surface area contributed by atoms with E-state index in [0.717, 1.165) is 31.1 Å². The normalized spacial score (nSPS) is 20.7. The fourth-order valence-electron chi connectivity index (χ4n) is 3.07. The van der Waals surface area contributed by atoms with Crippen LogP contribution in [0.4, 0.5) is 11.8 Å². The molecule has 1 fully saturated rings. The van der Waals surface area contributed by atoms with Gasteiger partial charge in [-0.25, -0.2) is 4.98 Å². The lowest BCUT2D eigenvalue weighted by Gasteiger charge is -2.27. The summed E-state index contributed by atoms with van der Waals surface area (Å²) >= 11 is 0. The van der Waals surface area contributed by atoms with Gasteiger partial charge in [-0.1, -0.05) is 0 Å². The number of hydrogen-bond acceptors (Lipinski definition) is 7. The smallest absolute Gasteiger partial charge is 0.225 e. The van der Waals surface area contributed by atoms with Gasteiger partial charge >= 0.3 is 0 Å². The van der Waals surface area contributed by atoms with Crippen molar-refractivity contribution in [2.24, 2.45) is 0 Å². The van der Waals surface area contributed by atoms with E-state index in [9.17, 15) is 9.90 Å². The van der Waals surface area contributed by atoms with Gasteiger partial charge in [-0.3, -0.25) is 9.78 Å². The lowest BCUT2D eigenvalue weighted by atomic mass is 9.93. The van der Waals surface area contributed by atoms with Crippen LogP contribution in [0.15, 0.2) is 12.3 Å². The Morgan fingerprint density at radius 1 is 1.24 bits per heavy atom. The zero-order valence-electron chi connectivity index (χ0n) is 14.9. The van der Waals surface area contributed by atoms with Crippen LogP contribution in [0, 0.1) is 0 Å². The summed E-state index contributed by atoms with van der Waals surface area (Å²) in [4.78, 5) is 25.0. The van der Waals surface area contributed by atoms with Gasteiger partial charge in [0, 0.05) is 24.4 Å². The molecule has 3 rings (SSSR count). The fraction of sp³-hybridized carbons (Fsp3) is 0.556. The minimum absolute atomic E-state index is 0.0852. The number of hydrogen-bond donors (Lipinski definition) is 3. The summed E-state index contributed by atoms with van der Waals surface area (Å²) in [5.74, 6) is 1.16. The van der Waals surface area contributed by atoms with E-state index in [2.05, 4.69) is 25.6 Å². The SMILES string of the molecule is CC(=O)c1cc2c(NC3CCC(O)CC3)nc(NC(C)C)nc2cn1. The molecule has 7 heteroatoms. The van der Waals surface area contributed by atoms with E-state index in [4.69, 9.17) is 0 Å². The van der Waals surface area contributed by atoms with E-state index in [1.807, 2.05) is 13.8 Å². The van der Waals surface area contributed by atoms with Crippen molar-refractivity contribution in [2.75, 3.05) is 10.6 Å². The van der Waals surface area contributed by atoms with Gasteiger partial charge in [0.1, 0.15) is 11.5 Å². The van der Waals surface area contributed by atoms with E-state index >= 15 is 0 Å². The Hall–Kier alpha value is -2.28. The van der Waals surface area contributed by atoms with Crippen molar-refractivity contribution in [3.63, 3.8) is 0 Å². The topological polar surface area (TPSA) is 100 Å². The van der Waals surface area contributed by atoms with E-state index in [-0.39, 0.29) is 24.0 Å². The monoisotopic (exact) mass is 343 g/mol. The van der Waals surface area contributed by atoms with Crippen LogP contribution in [0.1, 0.15) is 56.9 Å². The molecule has 0 aromatic carbocycles. The first kappa shape index (κ1) is 17.5. The van der Waals surface area contributed by atoms with Gasteiger partial charge in [0.15, 0.2) is 5.78 Å². The van der Waals surface area contributed by atoms with Crippen molar-refractivity contribution in [1.29, 1.82) is 0 Å². The van der Waals surface area contributed by atoms with Crippen LogP contribution in [0.5, 0.6) is 0 Å². The highest BCUT2D eigenvalue weighted by molar-refractivity contribution is 5.98. The molecular weight excluding hydrogens is 318 g/mol. The van der Waals surface area contributed by atoms with Crippen molar-refractivity contribution in [1.82, 2.24) is 15.0 Å². The second-order valence-electron chi connectivity index (χ2n) is 6.99. The minimum atomic E-state index is -0.202. The molecule has 2 aromatic heterocycles. The molecule has 134 valence electrons. The van der Waals surface area contributed by atoms with Gasteiger partial charge < -0.3 is 15.7 Å². The second-order valence-corrected chi connectivity index (χ2v) is 6.99. The van der Waals surface area contributed by atoms with Crippen molar-refractivity contribution < 1.29 is 9.90 Å². The summed E-state index contributed by atoms with van der Waals surface area (Å²) in [6, 6.07) is 2.21. The number of aromatic nitrogens is 3. The predicted molar refractivity (Wildman–Crippen MR) is 98.0 cm³/mol. The molecule has 7 nitrogen and oxygen atoms in total. The summed E-state index contributed by atoms with van der Waals surface area (Å²) in [6.07, 6.45) is 4.78. The molecule has 1 saturated carbocycles. The molecular formula is C18H25N5O2. The molecule has 0 radical (unpaired) electrons. The maximum atomic E-state index is 11.7. The molecule has 25 heavy (non-hydrogen) atoms. The number of pyridine rings is 1. The molecule has 2 aromatic rings. The van der Waals surface area contributed by atoms with Crippen molar-refractivity contribution >= 4 is 28.5 Å². The Morgan fingerprint density at radius 2 is 1.96 bits per heavy atom. The van der Waals surface area contributed by atoms with Crippen LogP contribution < -0.4 is 10.6 Å². The second kappa shape index (κ2) is 7.31. The average molecular weight is 343 g/mol. The minimum Gasteiger partial charge on any atom is -0.393 e. The number of nitrogens with zero attached hydrogens (tertiary/aromatic N) is 3. The van der Waals surface area contributed by atoms with Gasteiger partial charge in [0.05, 0.1) is 17.8 Å². The number of carbonyl (C=O) groups is 1. The summed E-state index contributed by atoms with van der Waals surface area (Å²) < 4.78 is 0. The van der Waals surface area contributed by atoms with E-state index in [1.165, 1.54) is 6.92 Å². The van der Waals surface area contributed by atoms with Gasteiger partial charge in [0.2, 0.25) is 5.95 Å². The van der Waals surface area contributed by atoms with Crippen molar-refractivity contribution in [3.8, 4) is 0 Å². The third kappa shape index (κ3) is 4.22. The summed E-state index contributed by atoms with van der Waals surface area (Å²) in [5, 5.41) is 17.2. The Labute approximate surface area is 147 Å². The highest BCUT2D eigenvalue weighted by Crippen LogP contribution is 2.27. The fourth-order valence-corrected chi connectivity index (χ4v) is 3.07. The Balaban J connectivity index is 1.98. The number of nitrogens with one attached hydrogen (secondary N) is 2. The van der Waals surface area contributed by atoms with E-state index in [1.54, 1.807) is 12.3 Å². The van der Waals surface area contributed by atoms with Crippen molar-refractivity contribution in [3.05, 3.63) is 18.0 Å². The summed E-state index contributed by atoms with van der Waals surface area (Å²) in [7, 11) is 0. The maximum Gasteiger partial charge on any atom is 0.225 e. The van der Waals surface area contributed by atoms with Gasteiger partial charge in [-0.2, -0.15) is 4.98 Å². The van der Waals surface area contributed by atoms with Crippen molar-refractivity contribution in [2.45, 2.75) is 64.6 Å². The Morgan fingerprint density at radius 3 is 2.60 bits per heavy atom. The number of Topliss-reactive ketones (excluding diaryl/α,β-unsaturated/α-hetero) is 1. The molecule has 3 N–H and O–H groups in total. The highest BCUT2D eigenvalue weighted by atomic mass is 16.3. The Bertz CT molecular complexity index is 769. The van der Waals surface area contributed by atoms with E-state index < -0.39 is 0 Å². The van der Waals surface area contributed by atoms with E-state index in [0.29, 0.717) is 23.0 Å². The maximum absolute atomic E-state index is 11.7. The van der Waals surface area contributed by atoms with Gasteiger partial charge in [-0.15, -0.1) is 0 Å². The molecule has 0 spiro atoms. The molecule has 1 aliphatic carbocycles. The van der Waals surface area contributed by atoms with Crippen LogP contribution >= 0.6 is 0 Å². The summed E-state index contributed by atoms with van der Waals surface area (Å²) in [5.41, 5.74) is 1.10. The molecule has 1 aliphatic rings. The van der Waals surface area contributed by atoms with Crippen LogP contribution in [0.3, 0.4) is 0 Å². The third-order valence-electron chi connectivity index (χ3n) is 4.40. The first-order chi connectivity index (χ1) is 11.9. The van der Waals surface area contributed by atoms with Crippen LogP contribution in [-0.4, -0.2) is 44.0 Å². The van der Waals surface area contributed by atoms with Crippen LogP contribution in [0.25, 0.3) is 10.9 Å². The predicted octanol–water partition coefficient (Wildman–Crippen LogP) is 2.76. The zero-order valence-corrected chi connectivity index (χ0v) is 14.9. The standard InChI is InChI=1S/C18H25N5O2/c1-10(2)20-18-22-16-9-19-15(11(3)24)8-14(16)17(23-18)21-12-4-6-13(25)7-5-12/h8-10,12-13,25H,4-7H2,1-3H3,(H2,20,21,22,23). The zero-order chi connectivity index (χ0) is 18.0. The Kier molecular flexibility index (Phi) is 5.13. The van der Waals surface area contributed by atoms with Gasteiger partial charge in [-0.05, 0) is 45.6 Å². The quantitative estimate of drug-likeness (QED) is 0.718. The number of carbonyl (C=O) groups excluding carboxylic acids is 1. The number of fused-ring (bicyclic) bond motifs is 1. The highest BCUT2D eigenvalue weighted by Gasteiger charge is 2.21. The van der Waals surface area contributed by atoms with Crippen LogP contribution in [-0.2, 0) is 0 Å². The largest absolute Gasteiger partial charge is 0.393 e. The van der Waals surface area contributed by atoms with Crippen LogP contribution in [0.2, 0.25) is 0 Å². The molecule has 0 amide bonds. The molecule has 0 unspecified atom stereocenters. The summed E-state index contributed by atoms with van der Waals surface area (Å²) in [6.45, 7) is 5.56.